The Morgan fingerprint density at radius 2 is 2.17 bits per heavy atom. The molecule has 3 rings (SSSR count). The first-order valence-electron chi connectivity index (χ1n) is 8.22. The zero-order valence-corrected chi connectivity index (χ0v) is 13.6. The second-order valence-corrected chi connectivity index (χ2v) is 6.23. The number of likely N-dealkylation sites (tertiary alicyclic amines) is 1. The number of carbonyl (C=O) groups excluding carboxylic acids is 1. The first-order valence-corrected chi connectivity index (χ1v) is 8.22. The van der Waals surface area contributed by atoms with Crippen molar-refractivity contribution in [2.75, 3.05) is 13.1 Å². The fourth-order valence-electron chi connectivity index (χ4n) is 3.13. The van der Waals surface area contributed by atoms with E-state index in [0.717, 1.165) is 38.3 Å². The predicted molar refractivity (Wildman–Crippen MR) is 89.5 cm³/mol. The normalized spacial score (nSPS) is 18.7. The van der Waals surface area contributed by atoms with E-state index in [-0.39, 0.29) is 11.8 Å². The zero-order chi connectivity index (χ0) is 16.1. The molecule has 1 saturated heterocycles. The van der Waals surface area contributed by atoms with Gasteiger partial charge in [0.05, 0.1) is 12.5 Å². The van der Waals surface area contributed by atoms with Crippen molar-refractivity contribution in [3.63, 3.8) is 0 Å². The van der Waals surface area contributed by atoms with Gasteiger partial charge in [-0.25, -0.2) is 4.98 Å². The van der Waals surface area contributed by atoms with Gasteiger partial charge in [0.1, 0.15) is 5.82 Å². The standard InChI is InChI=1S/C18H24N4O/c1-21-11-9-19-17(21)12-20-18(23)16-8-5-10-22(14-16)13-15-6-3-2-4-7-15/h2-4,6-7,9,11,16H,5,8,10,12-14H2,1H3,(H,20,23). The lowest BCUT2D eigenvalue weighted by Crippen LogP contribution is -2.42. The molecular weight excluding hydrogens is 288 g/mol. The molecule has 0 saturated carbocycles. The van der Waals surface area contributed by atoms with Crippen molar-refractivity contribution >= 4 is 5.91 Å². The predicted octanol–water partition coefficient (Wildman–Crippen LogP) is 1.95. The molecule has 1 unspecified atom stereocenters. The summed E-state index contributed by atoms with van der Waals surface area (Å²) in [5, 5.41) is 3.03. The largest absolute Gasteiger partial charge is 0.349 e. The maximum atomic E-state index is 12.4. The third-order valence-electron chi connectivity index (χ3n) is 4.47. The number of aromatic nitrogens is 2. The van der Waals surface area contributed by atoms with Crippen LogP contribution in [-0.4, -0.2) is 33.4 Å². The van der Waals surface area contributed by atoms with E-state index in [1.165, 1.54) is 5.56 Å². The van der Waals surface area contributed by atoms with Crippen molar-refractivity contribution in [1.82, 2.24) is 19.8 Å². The summed E-state index contributed by atoms with van der Waals surface area (Å²) in [4.78, 5) is 19.0. The number of benzene rings is 1. The Kier molecular flexibility index (Phi) is 5.08. The molecular formula is C18H24N4O. The number of nitrogens with one attached hydrogen (secondary N) is 1. The van der Waals surface area contributed by atoms with E-state index >= 15 is 0 Å². The van der Waals surface area contributed by atoms with Crippen LogP contribution in [0.15, 0.2) is 42.7 Å². The van der Waals surface area contributed by atoms with Crippen LogP contribution in [0.25, 0.3) is 0 Å². The molecule has 1 fully saturated rings. The lowest BCUT2D eigenvalue weighted by atomic mass is 9.96. The molecule has 0 bridgehead atoms. The highest BCUT2D eigenvalue weighted by Gasteiger charge is 2.25. The third-order valence-corrected chi connectivity index (χ3v) is 4.47. The number of hydrogen-bond donors (Lipinski definition) is 1. The molecule has 122 valence electrons. The van der Waals surface area contributed by atoms with Crippen LogP contribution in [0.3, 0.4) is 0 Å². The summed E-state index contributed by atoms with van der Waals surface area (Å²) in [5.74, 6) is 1.11. The second-order valence-electron chi connectivity index (χ2n) is 6.23. The summed E-state index contributed by atoms with van der Waals surface area (Å²) >= 11 is 0. The van der Waals surface area contributed by atoms with E-state index in [1.54, 1.807) is 6.20 Å². The van der Waals surface area contributed by atoms with Crippen molar-refractivity contribution in [2.45, 2.75) is 25.9 Å². The summed E-state index contributed by atoms with van der Waals surface area (Å²) in [6.07, 6.45) is 5.69. The molecule has 1 aliphatic rings. The van der Waals surface area contributed by atoms with E-state index in [2.05, 4.69) is 39.5 Å². The number of rotatable bonds is 5. The van der Waals surface area contributed by atoms with Gasteiger partial charge in [0.25, 0.3) is 0 Å². The minimum atomic E-state index is 0.0766. The van der Waals surface area contributed by atoms with Gasteiger partial charge < -0.3 is 9.88 Å². The molecule has 5 nitrogen and oxygen atoms in total. The average Bonchev–Trinajstić information content (AvgIpc) is 2.99. The Bertz CT molecular complexity index is 637. The maximum Gasteiger partial charge on any atom is 0.224 e. The molecule has 1 N–H and O–H groups in total. The number of carbonyl (C=O) groups is 1. The number of aryl methyl sites for hydroxylation is 1. The first kappa shape index (κ1) is 15.7. The van der Waals surface area contributed by atoms with Crippen molar-refractivity contribution < 1.29 is 4.79 Å². The van der Waals surface area contributed by atoms with Gasteiger partial charge >= 0.3 is 0 Å². The fourth-order valence-corrected chi connectivity index (χ4v) is 3.13. The van der Waals surface area contributed by atoms with Crippen molar-refractivity contribution in [3.05, 3.63) is 54.1 Å². The van der Waals surface area contributed by atoms with Gasteiger partial charge in [-0.05, 0) is 24.9 Å². The van der Waals surface area contributed by atoms with Crippen LogP contribution >= 0.6 is 0 Å². The summed E-state index contributed by atoms with van der Waals surface area (Å²) in [6.45, 7) is 3.32. The number of nitrogens with zero attached hydrogens (tertiary/aromatic N) is 3. The van der Waals surface area contributed by atoms with Crippen LogP contribution in [0.2, 0.25) is 0 Å². The molecule has 1 aliphatic heterocycles. The second kappa shape index (κ2) is 7.42. The Balaban J connectivity index is 1.51. The number of piperidine rings is 1. The Morgan fingerprint density at radius 1 is 1.35 bits per heavy atom. The minimum absolute atomic E-state index is 0.0766. The first-order chi connectivity index (χ1) is 11.2. The average molecular weight is 312 g/mol. The molecule has 0 aliphatic carbocycles. The smallest absolute Gasteiger partial charge is 0.224 e. The number of imidazole rings is 1. The SMILES string of the molecule is Cn1ccnc1CNC(=O)C1CCCN(Cc2ccccc2)C1. The number of hydrogen-bond acceptors (Lipinski definition) is 3. The quantitative estimate of drug-likeness (QED) is 0.918. The van der Waals surface area contributed by atoms with E-state index in [0.29, 0.717) is 6.54 Å². The molecule has 23 heavy (non-hydrogen) atoms. The van der Waals surface area contributed by atoms with Crippen LogP contribution in [0.5, 0.6) is 0 Å². The van der Waals surface area contributed by atoms with Crippen LogP contribution in [0, 0.1) is 5.92 Å². The van der Waals surface area contributed by atoms with Crippen LogP contribution in [0.1, 0.15) is 24.2 Å². The van der Waals surface area contributed by atoms with Crippen LogP contribution in [0.4, 0.5) is 0 Å². The zero-order valence-electron chi connectivity index (χ0n) is 13.6. The highest BCUT2D eigenvalue weighted by Crippen LogP contribution is 2.19. The van der Waals surface area contributed by atoms with E-state index in [9.17, 15) is 4.79 Å². The van der Waals surface area contributed by atoms with E-state index in [1.807, 2.05) is 23.9 Å². The Hall–Kier alpha value is -2.14. The third kappa shape index (κ3) is 4.20. The molecule has 0 radical (unpaired) electrons. The van der Waals surface area contributed by atoms with Gasteiger partial charge in [-0.3, -0.25) is 9.69 Å². The molecule has 1 aromatic carbocycles. The highest BCUT2D eigenvalue weighted by molar-refractivity contribution is 5.78. The summed E-state index contributed by atoms with van der Waals surface area (Å²) < 4.78 is 1.93. The van der Waals surface area contributed by atoms with Gasteiger partial charge in [-0.1, -0.05) is 30.3 Å². The summed E-state index contributed by atoms with van der Waals surface area (Å²) in [6, 6.07) is 10.5. The van der Waals surface area contributed by atoms with Crippen LogP contribution in [-0.2, 0) is 24.9 Å². The van der Waals surface area contributed by atoms with Crippen LogP contribution < -0.4 is 5.32 Å². The Labute approximate surface area is 137 Å². The van der Waals surface area contributed by atoms with Gasteiger partial charge in [-0.2, -0.15) is 0 Å². The number of amides is 1. The highest BCUT2D eigenvalue weighted by atomic mass is 16.1. The molecule has 2 aromatic rings. The fraction of sp³-hybridized carbons (Fsp3) is 0.444. The molecule has 2 heterocycles. The summed E-state index contributed by atoms with van der Waals surface area (Å²) in [7, 11) is 1.94. The van der Waals surface area contributed by atoms with E-state index in [4.69, 9.17) is 0 Å². The molecule has 1 aromatic heterocycles. The van der Waals surface area contributed by atoms with Crippen molar-refractivity contribution in [2.24, 2.45) is 13.0 Å². The molecule has 0 spiro atoms. The van der Waals surface area contributed by atoms with Gasteiger partial charge in [0.15, 0.2) is 0 Å². The van der Waals surface area contributed by atoms with Gasteiger partial charge in [0.2, 0.25) is 5.91 Å². The van der Waals surface area contributed by atoms with Gasteiger partial charge in [0, 0.05) is 32.5 Å². The van der Waals surface area contributed by atoms with Gasteiger partial charge in [-0.15, -0.1) is 0 Å². The lowest BCUT2D eigenvalue weighted by molar-refractivity contribution is -0.127. The van der Waals surface area contributed by atoms with E-state index < -0.39 is 0 Å². The van der Waals surface area contributed by atoms with Crippen molar-refractivity contribution in [1.29, 1.82) is 0 Å². The monoisotopic (exact) mass is 312 g/mol. The topological polar surface area (TPSA) is 50.2 Å². The molecule has 1 amide bonds. The Morgan fingerprint density at radius 3 is 2.91 bits per heavy atom. The molecule has 1 atom stereocenters. The maximum absolute atomic E-state index is 12.4. The van der Waals surface area contributed by atoms with Crippen molar-refractivity contribution in [3.8, 4) is 0 Å². The minimum Gasteiger partial charge on any atom is -0.349 e. The molecule has 5 heteroatoms. The lowest BCUT2D eigenvalue weighted by Gasteiger charge is -2.32. The summed E-state index contributed by atoms with van der Waals surface area (Å²) in [5.41, 5.74) is 1.31.